The van der Waals surface area contributed by atoms with E-state index in [-0.39, 0.29) is 4.97 Å². The molecular weight excluding hydrogens is 162 g/mol. The fourth-order valence-corrected chi connectivity index (χ4v) is 1.05. The van der Waals surface area contributed by atoms with E-state index in [2.05, 4.69) is 15.7 Å². The van der Waals surface area contributed by atoms with Gasteiger partial charge in [-0.1, -0.05) is 5.53 Å². The maximum absolute atomic E-state index is 10.5. The summed E-state index contributed by atoms with van der Waals surface area (Å²) in [5.41, 5.74) is 2.36. The molecule has 1 aliphatic heterocycles. The van der Waals surface area contributed by atoms with Crippen molar-refractivity contribution in [2.75, 3.05) is 33.2 Å². The predicted octanol–water partition coefficient (Wildman–Crippen LogP) is -0.995. The number of rotatable bonds is 2. The summed E-state index contributed by atoms with van der Waals surface area (Å²) in [4.78, 5) is 2.19. The lowest BCUT2D eigenvalue weighted by atomic mass is 10.4. The molecule has 0 atom stereocenters. The van der Waals surface area contributed by atoms with Crippen LogP contribution in [0.2, 0.25) is 0 Å². The molecule has 2 N–H and O–H groups in total. The van der Waals surface area contributed by atoms with Gasteiger partial charge in [-0.25, -0.2) is 0 Å². The van der Waals surface area contributed by atoms with Crippen molar-refractivity contribution in [2.45, 2.75) is 0 Å². The van der Waals surface area contributed by atoms with Gasteiger partial charge >= 0.3 is 0 Å². The Balaban J connectivity index is 2.26. The van der Waals surface area contributed by atoms with Gasteiger partial charge in [-0.3, -0.25) is 0 Å². The van der Waals surface area contributed by atoms with Crippen LogP contribution in [0.15, 0.2) is 5.28 Å². The number of likely N-dealkylation sites (N-methyl/N-ethyl adjacent to an activating group) is 1. The summed E-state index contributed by atoms with van der Waals surface area (Å²) >= 11 is 0. The SMILES string of the molecule is CN1CCN(N/[N+]([O-])=N/O)CC1. The second-order valence-electron chi connectivity index (χ2n) is 2.75. The van der Waals surface area contributed by atoms with E-state index in [0.29, 0.717) is 0 Å². The third-order valence-corrected chi connectivity index (χ3v) is 1.81. The number of nitrogens with one attached hydrogen (secondary N) is 1. The molecule has 0 aliphatic carbocycles. The van der Waals surface area contributed by atoms with E-state index in [1.54, 1.807) is 5.01 Å². The van der Waals surface area contributed by atoms with Gasteiger partial charge in [0.25, 0.3) is 0 Å². The van der Waals surface area contributed by atoms with Gasteiger partial charge in [0.2, 0.25) is 5.28 Å². The molecule has 1 heterocycles. The standard InChI is InChI=1S/C5H13N5O2/c1-8-2-4-9(5-3-8)6-10(12)7-11/h11H,2-5H2,1H3,(H,6,7). The fourth-order valence-electron chi connectivity index (χ4n) is 1.05. The molecule has 0 radical (unpaired) electrons. The minimum absolute atomic E-state index is 0.0331. The molecule has 1 fully saturated rings. The molecule has 0 spiro atoms. The Hall–Kier alpha value is -1.08. The van der Waals surface area contributed by atoms with Gasteiger partial charge in [0, 0.05) is 26.2 Å². The van der Waals surface area contributed by atoms with Crippen LogP contribution < -0.4 is 5.53 Å². The third-order valence-electron chi connectivity index (χ3n) is 1.81. The fraction of sp³-hybridized carbons (Fsp3) is 1.00. The van der Waals surface area contributed by atoms with Crippen molar-refractivity contribution in [3.63, 3.8) is 0 Å². The Labute approximate surface area is 70.4 Å². The van der Waals surface area contributed by atoms with Crippen molar-refractivity contribution >= 4 is 0 Å². The summed E-state index contributed by atoms with van der Waals surface area (Å²) in [5.74, 6) is 0. The molecular formula is C5H13N5O2. The van der Waals surface area contributed by atoms with Gasteiger partial charge in [-0.2, -0.15) is 5.01 Å². The molecule has 7 nitrogen and oxygen atoms in total. The number of nitrogens with zero attached hydrogens (tertiary/aromatic N) is 4. The van der Waals surface area contributed by atoms with Crippen LogP contribution >= 0.6 is 0 Å². The molecule has 0 aromatic carbocycles. The summed E-state index contributed by atoms with van der Waals surface area (Å²) < 4.78 is 0. The first kappa shape index (κ1) is 9.01. The van der Waals surface area contributed by atoms with E-state index in [9.17, 15) is 5.21 Å². The Bertz CT molecular complexity index is 165. The second-order valence-corrected chi connectivity index (χ2v) is 2.75. The quantitative estimate of drug-likeness (QED) is 0.320. The molecule has 0 saturated carbocycles. The van der Waals surface area contributed by atoms with E-state index in [1.165, 1.54) is 0 Å². The van der Waals surface area contributed by atoms with Gasteiger partial charge in [0.05, 0.1) is 4.97 Å². The third kappa shape index (κ3) is 2.51. The maximum atomic E-state index is 10.5. The van der Waals surface area contributed by atoms with Gasteiger partial charge in [0.15, 0.2) is 0 Å². The summed E-state index contributed by atoms with van der Waals surface area (Å²) in [6, 6.07) is 0. The highest BCUT2D eigenvalue weighted by Crippen LogP contribution is 1.94. The van der Waals surface area contributed by atoms with Gasteiger partial charge in [0.1, 0.15) is 0 Å². The average molecular weight is 175 g/mol. The molecule has 0 bridgehead atoms. The molecule has 0 aromatic heterocycles. The molecule has 70 valence electrons. The van der Waals surface area contributed by atoms with Crippen molar-refractivity contribution in [2.24, 2.45) is 5.28 Å². The minimum Gasteiger partial charge on any atom is -0.568 e. The maximum Gasteiger partial charge on any atom is 0.231 e. The zero-order valence-electron chi connectivity index (χ0n) is 6.97. The van der Waals surface area contributed by atoms with Gasteiger partial charge in [-0.15, -0.1) is 0 Å². The summed E-state index contributed by atoms with van der Waals surface area (Å²) in [6.45, 7) is 3.27. The molecule has 12 heavy (non-hydrogen) atoms. The van der Waals surface area contributed by atoms with Crippen molar-refractivity contribution in [1.82, 2.24) is 15.4 Å². The average Bonchev–Trinajstić information content (AvgIpc) is 2.09. The van der Waals surface area contributed by atoms with Crippen LogP contribution in [0.4, 0.5) is 0 Å². The second kappa shape index (κ2) is 4.07. The van der Waals surface area contributed by atoms with Crippen molar-refractivity contribution in [3.8, 4) is 0 Å². The zero-order chi connectivity index (χ0) is 8.97. The first-order valence-electron chi connectivity index (χ1n) is 3.74. The van der Waals surface area contributed by atoms with Crippen molar-refractivity contribution < 1.29 is 10.2 Å². The van der Waals surface area contributed by atoms with Crippen molar-refractivity contribution in [1.29, 1.82) is 0 Å². The van der Waals surface area contributed by atoms with Crippen LogP contribution in [-0.2, 0) is 0 Å². The highest BCUT2D eigenvalue weighted by molar-refractivity contribution is 4.63. The number of piperazine rings is 1. The van der Waals surface area contributed by atoms with Crippen LogP contribution in [0.25, 0.3) is 0 Å². The molecule has 0 amide bonds. The topological polar surface area (TPSA) is 77.2 Å². The van der Waals surface area contributed by atoms with E-state index < -0.39 is 0 Å². The van der Waals surface area contributed by atoms with E-state index in [4.69, 9.17) is 5.21 Å². The number of hydrogen-bond donors (Lipinski definition) is 2. The van der Waals surface area contributed by atoms with Gasteiger partial charge in [-0.05, 0) is 7.05 Å². The number of hydrazine groups is 2. The van der Waals surface area contributed by atoms with Crippen LogP contribution in [0, 0.1) is 5.21 Å². The van der Waals surface area contributed by atoms with E-state index >= 15 is 0 Å². The molecule has 1 rings (SSSR count). The van der Waals surface area contributed by atoms with E-state index in [0.717, 1.165) is 26.2 Å². The summed E-state index contributed by atoms with van der Waals surface area (Å²) in [5, 5.41) is 22.7. The Morgan fingerprint density at radius 1 is 1.42 bits per heavy atom. The largest absolute Gasteiger partial charge is 0.568 e. The first-order chi connectivity index (χ1) is 5.72. The zero-order valence-corrected chi connectivity index (χ0v) is 6.97. The lowest BCUT2D eigenvalue weighted by Crippen LogP contribution is -2.52. The van der Waals surface area contributed by atoms with Gasteiger partial charge < -0.3 is 15.3 Å². The van der Waals surface area contributed by atoms with Crippen LogP contribution in [0.1, 0.15) is 0 Å². The first-order valence-corrected chi connectivity index (χ1v) is 3.74. The monoisotopic (exact) mass is 175 g/mol. The van der Waals surface area contributed by atoms with Crippen molar-refractivity contribution in [3.05, 3.63) is 5.21 Å². The molecule has 0 unspecified atom stereocenters. The Morgan fingerprint density at radius 3 is 2.50 bits per heavy atom. The van der Waals surface area contributed by atoms with Crippen LogP contribution in [-0.4, -0.2) is 53.3 Å². The lowest BCUT2D eigenvalue weighted by Gasteiger charge is -2.29. The highest BCUT2D eigenvalue weighted by atomic mass is 16.6. The highest BCUT2D eigenvalue weighted by Gasteiger charge is 2.15. The lowest BCUT2D eigenvalue weighted by molar-refractivity contribution is -0.640. The van der Waals surface area contributed by atoms with Crippen LogP contribution in [0.3, 0.4) is 0 Å². The molecule has 1 aliphatic rings. The summed E-state index contributed by atoms with van der Waals surface area (Å²) in [7, 11) is 2.02. The van der Waals surface area contributed by atoms with E-state index in [1.807, 2.05) is 7.05 Å². The molecule has 0 aromatic rings. The summed E-state index contributed by atoms with van der Waals surface area (Å²) in [6.07, 6.45) is 0. The molecule has 7 heteroatoms. The normalized spacial score (nSPS) is 22.6. The smallest absolute Gasteiger partial charge is 0.231 e. The molecule has 1 saturated heterocycles. The minimum atomic E-state index is 0.0331. The van der Waals surface area contributed by atoms with Crippen LogP contribution in [0.5, 0.6) is 0 Å². The Morgan fingerprint density at radius 2 is 2.00 bits per heavy atom. The Kier molecular flexibility index (Phi) is 3.06. The number of hydrogen-bond acceptors (Lipinski definition) is 4. The predicted molar refractivity (Wildman–Crippen MR) is 40.0 cm³/mol.